The summed E-state index contributed by atoms with van der Waals surface area (Å²) in [5.41, 5.74) is 0.127. The van der Waals surface area contributed by atoms with Crippen LogP contribution in [-0.4, -0.2) is 42.2 Å². The number of hydrogen-bond acceptors (Lipinski definition) is 4. The van der Waals surface area contributed by atoms with Crippen molar-refractivity contribution in [2.45, 2.75) is 26.6 Å². The van der Waals surface area contributed by atoms with Gasteiger partial charge in [-0.05, 0) is 19.9 Å². The highest BCUT2D eigenvalue weighted by atomic mass is 35.5. The van der Waals surface area contributed by atoms with E-state index in [0.29, 0.717) is 4.52 Å². The van der Waals surface area contributed by atoms with Crippen LogP contribution in [0.5, 0.6) is 0 Å². The van der Waals surface area contributed by atoms with Gasteiger partial charge < -0.3 is 4.90 Å². The minimum Gasteiger partial charge on any atom is -0.336 e. The number of amides is 1. The average molecular weight is 401 g/mol. The topological polar surface area (TPSA) is 68.3 Å². The number of aromatic nitrogens is 5. The van der Waals surface area contributed by atoms with Crippen molar-refractivity contribution in [3.8, 4) is 0 Å². The van der Waals surface area contributed by atoms with Gasteiger partial charge in [-0.15, -0.1) is 0 Å². The highest BCUT2D eigenvalue weighted by Crippen LogP contribution is 2.32. The molecule has 0 fully saturated rings. The molecule has 0 bridgehead atoms. The summed E-state index contributed by atoms with van der Waals surface area (Å²) >= 11 is 6.15. The number of fused-ring (bicyclic) bond motifs is 1. The van der Waals surface area contributed by atoms with Crippen LogP contribution >= 0.6 is 11.6 Å². The number of rotatable bonds is 3. The molecule has 1 amide bonds. The lowest BCUT2D eigenvalue weighted by atomic mass is 10.2. The Hall–Kier alpha value is -2.62. The smallest absolute Gasteiger partial charge is 0.336 e. The first kappa shape index (κ1) is 19.2. The SMILES string of the molecule is Cc1cc(C(F)(F)F)n2nc(C(=O)N(C)Cc3cn(C)nc3C)c(Cl)c2n1. The van der Waals surface area contributed by atoms with E-state index in [0.717, 1.165) is 17.3 Å². The molecule has 0 atom stereocenters. The van der Waals surface area contributed by atoms with Gasteiger partial charge in [0.2, 0.25) is 0 Å². The van der Waals surface area contributed by atoms with E-state index >= 15 is 0 Å². The Balaban J connectivity index is 2.02. The van der Waals surface area contributed by atoms with Crippen molar-refractivity contribution in [3.63, 3.8) is 0 Å². The Morgan fingerprint density at radius 3 is 2.52 bits per heavy atom. The van der Waals surface area contributed by atoms with Crippen LogP contribution in [0.15, 0.2) is 12.3 Å². The molecule has 0 saturated heterocycles. The second-order valence-electron chi connectivity index (χ2n) is 6.25. The predicted octanol–water partition coefficient (Wildman–Crippen LogP) is 3.02. The van der Waals surface area contributed by atoms with Gasteiger partial charge in [0, 0.05) is 38.1 Å². The molecule has 3 aromatic heterocycles. The summed E-state index contributed by atoms with van der Waals surface area (Å²) in [5.74, 6) is -0.612. The van der Waals surface area contributed by atoms with E-state index in [-0.39, 0.29) is 28.6 Å². The third-order valence-electron chi connectivity index (χ3n) is 4.02. The summed E-state index contributed by atoms with van der Waals surface area (Å²) < 4.78 is 42.1. The van der Waals surface area contributed by atoms with Gasteiger partial charge in [-0.3, -0.25) is 9.48 Å². The molecule has 7 nitrogen and oxygen atoms in total. The van der Waals surface area contributed by atoms with Crippen LogP contribution in [0.4, 0.5) is 13.2 Å². The van der Waals surface area contributed by atoms with Crippen LogP contribution in [0.2, 0.25) is 5.02 Å². The molecule has 0 N–H and O–H groups in total. The number of nitrogens with zero attached hydrogens (tertiary/aromatic N) is 6. The van der Waals surface area contributed by atoms with Crippen molar-refractivity contribution in [2.75, 3.05) is 7.05 Å². The zero-order valence-electron chi connectivity index (χ0n) is 15.0. The third-order valence-corrected chi connectivity index (χ3v) is 4.37. The maximum Gasteiger partial charge on any atom is 0.433 e. The maximum atomic E-state index is 13.3. The van der Waals surface area contributed by atoms with Crippen molar-refractivity contribution in [3.05, 3.63) is 45.6 Å². The lowest BCUT2D eigenvalue weighted by Gasteiger charge is -2.15. The lowest BCUT2D eigenvalue weighted by molar-refractivity contribution is -0.142. The van der Waals surface area contributed by atoms with E-state index in [2.05, 4.69) is 15.2 Å². The van der Waals surface area contributed by atoms with Gasteiger partial charge in [0.1, 0.15) is 10.7 Å². The molecule has 0 saturated carbocycles. The van der Waals surface area contributed by atoms with Gasteiger partial charge in [0.25, 0.3) is 5.91 Å². The highest BCUT2D eigenvalue weighted by Gasteiger charge is 2.36. The number of aryl methyl sites for hydroxylation is 3. The average Bonchev–Trinajstić information content (AvgIpc) is 3.04. The second kappa shape index (κ2) is 6.52. The largest absolute Gasteiger partial charge is 0.433 e. The van der Waals surface area contributed by atoms with E-state index in [1.54, 1.807) is 24.9 Å². The fraction of sp³-hybridized carbons (Fsp3) is 0.375. The van der Waals surface area contributed by atoms with Gasteiger partial charge in [-0.2, -0.15) is 23.4 Å². The zero-order chi connectivity index (χ0) is 20.1. The first-order valence-corrected chi connectivity index (χ1v) is 8.24. The molecule has 3 aromatic rings. The molecule has 0 aliphatic carbocycles. The number of alkyl halides is 3. The molecule has 0 unspecified atom stereocenters. The van der Waals surface area contributed by atoms with Gasteiger partial charge >= 0.3 is 6.18 Å². The fourth-order valence-corrected chi connectivity index (χ4v) is 3.00. The molecule has 11 heteroatoms. The molecule has 3 rings (SSSR count). The van der Waals surface area contributed by atoms with E-state index < -0.39 is 17.8 Å². The van der Waals surface area contributed by atoms with E-state index in [4.69, 9.17) is 11.6 Å². The quantitative estimate of drug-likeness (QED) is 0.677. The molecule has 0 aliphatic rings. The monoisotopic (exact) mass is 400 g/mol. The summed E-state index contributed by atoms with van der Waals surface area (Å²) in [6, 6.07) is 0.854. The Morgan fingerprint density at radius 2 is 1.96 bits per heavy atom. The van der Waals surface area contributed by atoms with Crippen LogP contribution in [0, 0.1) is 13.8 Å². The first-order valence-electron chi connectivity index (χ1n) is 7.86. The molecule has 144 valence electrons. The highest BCUT2D eigenvalue weighted by molar-refractivity contribution is 6.36. The van der Waals surface area contributed by atoms with Gasteiger partial charge in [0.05, 0.1) is 5.69 Å². The molecular formula is C16H16ClF3N6O. The van der Waals surface area contributed by atoms with Crippen molar-refractivity contribution in [1.82, 2.24) is 29.3 Å². The minimum absolute atomic E-state index is 0.120. The molecule has 3 heterocycles. The lowest BCUT2D eigenvalue weighted by Crippen LogP contribution is -2.27. The van der Waals surface area contributed by atoms with Crippen molar-refractivity contribution < 1.29 is 18.0 Å². The Labute approximate surface area is 157 Å². The van der Waals surface area contributed by atoms with E-state index in [9.17, 15) is 18.0 Å². The van der Waals surface area contributed by atoms with Crippen LogP contribution in [0.25, 0.3) is 5.65 Å². The van der Waals surface area contributed by atoms with Crippen LogP contribution in [0.3, 0.4) is 0 Å². The molecular weight excluding hydrogens is 385 g/mol. The number of carbonyl (C=O) groups is 1. The van der Waals surface area contributed by atoms with Crippen LogP contribution < -0.4 is 0 Å². The van der Waals surface area contributed by atoms with E-state index in [1.807, 2.05) is 0 Å². The normalized spacial score (nSPS) is 12.0. The Kier molecular flexibility index (Phi) is 4.62. The van der Waals surface area contributed by atoms with Gasteiger partial charge in [0.15, 0.2) is 11.3 Å². The van der Waals surface area contributed by atoms with Gasteiger partial charge in [-0.25, -0.2) is 9.50 Å². The number of halogens is 4. The molecule has 27 heavy (non-hydrogen) atoms. The molecule has 0 radical (unpaired) electrons. The Bertz CT molecular complexity index is 1040. The summed E-state index contributed by atoms with van der Waals surface area (Å²) in [6.07, 6.45) is -2.91. The van der Waals surface area contributed by atoms with Crippen LogP contribution in [0.1, 0.15) is 33.1 Å². The van der Waals surface area contributed by atoms with Gasteiger partial charge in [-0.1, -0.05) is 11.6 Å². The third kappa shape index (κ3) is 3.48. The fourth-order valence-electron chi connectivity index (χ4n) is 2.76. The molecule has 0 aromatic carbocycles. The summed E-state index contributed by atoms with van der Waals surface area (Å²) in [7, 11) is 3.27. The van der Waals surface area contributed by atoms with E-state index in [1.165, 1.54) is 18.9 Å². The summed E-state index contributed by atoms with van der Waals surface area (Å²) in [4.78, 5) is 18.0. The zero-order valence-corrected chi connectivity index (χ0v) is 15.7. The maximum absolute atomic E-state index is 13.3. The predicted molar refractivity (Wildman–Crippen MR) is 91.5 cm³/mol. The van der Waals surface area contributed by atoms with Crippen molar-refractivity contribution in [1.29, 1.82) is 0 Å². The minimum atomic E-state index is -4.67. The molecule has 0 aliphatic heterocycles. The first-order chi connectivity index (χ1) is 12.5. The summed E-state index contributed by atoms with van der Waals surface area (Å²) in [5, 5.41) is 7.78. The second-order valence-corrected chi connectivity index (χ2v) is 6.63. The standard InChI is InChI=1S/C16H16ClF3N6O/c1-8-5-11(16(18,19)20)26-14(21-8)12(17)13(23-26)15(27)24(3)6-10-7-25(4)22-9(10)2/h5,7H,6H2,1-4H3. The van der Waals surface area contributed by atoms with Crippen molar-refractivity contribution in [2.24, 2.45) is 7.05 Å². The number of carbonyl (C=O) groups excluding carboxylic acids is 1. The molecule has 0 spiro atoms. The Morgan fingerprint density at radius 1 is 1.30 bits per heavy atom. The summed E-state index contributed by atoms with van der Waals surface area (Å²) in [6.45, 7) is 3.42. The van der Waals surface area contributed by atoms with Crippen molar-refractivity contribution >= 4 is 23.2 Å². The van der Waals surface area contributed by atoms with Crippen LogP contribution in [-0.2, 0) is 19.8 Å². The number of hydrogen-bond donors (Lipinski definition) is 0.